The Balaban J connectivity index is 0.915. The van der Waals surface area contributed by atoms with Crippen molar-refractivity contribution in [2.75, 3.05) is 9.80 Å². The fraction of sp³-hybridized carbons (Fsp3) is 0.0145. The van der Waals surface area contributed by atoms with Crippen molar-refractivity contribution in [1.29, 1.82) is 0 Å². The maximum atomic E-state index is 6.76. The lowest BCUT2D eigenvalue weighted by Crippen LogP contribution is -2.13. The van der Waals surface area contributed by atoms with E-state index in [2.05, 4.69) is 259 Å². The number of hydrogen-bond acceptors (Lipinski definition) is 4. The molecule has 342 valence electrons. The smallest absolute Gasteiger partial charge is 0.159 e. The normalized spacial score (nSPS) is 12.1. The molecule has 73 heavy (non-hydrogen) atoms. The van der Waals surface area contributed by atoms with Gasteiger partial charge in [-0.3, -0.25) is 0 Å². The quantitative estimate of drug-likeness (QED) is 0.152. The molecule has 0 amide bonds. The molecule has 12 aromatic carbocycles. The second-order valence-corrected chi connectivity index (χ2v) is 19.1. The highest BCUT2D eigenvalue weighted by molar-refractivity contribution is 6.27. The Morgan fingerprint density at radius 3 is 1.45 bits per heavy atom. The molecule has 4 nitrogen and oxygen atoms in total. The van der Waals surface area contributed by atoms with Gasteiger partial charge in [-0.2, -0.15) is 0 Å². The van der Waals surface area contributed by atoms with Crippen molar-refractivity contribution in [3.8, 4) is 33.4 Å². The van der Waals surface area contributed by atoms with E-state index in [4.69, 9.17) is 8.83 Å². The molecule has 15 rings (SSSR count). The van der Waals surface area contributed by atoms with Crippen molar-refractivity contribution in [1.82, 2.24) is 0 Å². The second-order valence-electron chi connectivity index (χ2n) is 19.1. The Morgan fingerprint density at radius 1 is 0.301 bits per heavy atom. The van der Waals surface area contributed by atoms with Crippen LogP contribution < -0.4 is 9.80 Å². The van der Waals surface area contributed by atoms with E-state index in [0.29, 0.717) is 0 Å². The number of fused-ring (bicyclic) bond motifs is 13. The summed E-state index contributed by atoms with van der Waals surface area (Å²) in [7, 11) is 0. The highest BCUT2D eigenvalue weighted by Gasteiger charge is 2.28. The van der Waals surface area contributed by atoms with Gasteiger partial charge in [-0.05, 0) is 122 Å². The molecule has 0 spiro atoms. The molecule has 0 atom stereocenters. The first-order valence-corrected chi connectivity index (χ1v) is 25.0. The van der Waals surface area contributed by atoms with Crippen molar-refractivity contribution < 1.29 is 8.83 Å². The molecule has 0 radical (unpaired) electrons. The minimum atomic E-state index is 0.845. The lowest BCUT2D eigenvalue weighted by molar-refractivity contribution is 0.669. The molecule has 2 heterocycles. The molecular weight excluding hydrogens is 889 g/mol. The van der Waals surface area contributed by atoms with Gasteiger partial charge < -0.3 is 18.6 Å². The van der Waals surface area contributed by atoms with E-state index in [1.54, 1.807) is 0 Å². The zero-order chi connectivity index (χ0) is 48.0. The predicted molar refractivity (Wildman–Crippen MR) is 304 cm³/mol. The second kappa shape index (κ2) is 16.5. The average Bonchev–Trinajstić information content (AvgIpc) is 4.17. The molecule has 0 unspecified atom stereocenters. The summed E-state index contributed by atoms with van der Waals surface area (Å²) in [5.41, 5.74) is 19.8. The van der Waals surface area contributed by atoms with E-state index in [-0.39, 0.29) is 0 Å². The maximum absolute atomic E-state index is 6.76. The zero-order valence-electron chi connectivity index (χ0n) is 39.7. The molecule has 0 bridgehead atoms. The largest absolute Gasteiger partial charge is 0.456 e. The van der Waals surface area contributed by atoms with Crippen LogP contribution in [0.15, 0.2) is 264 Å². The highest BCUT2D eigenvalue weighted by atomic mass is 16.3. The summed E-state index contributed by atoms with van der Waals surface area (Å²) in [6.45, 7) is 0. The number of furan rings is 2. The number of rotatable bonds is 8. The van der Waals surface area contributed by atoms with Crippen LogP contribution in [0.2, 0.25) is 0 Å². The van der Waals surface area contributed by atoms with E-state index in [1.165, 1.54) is 39.1 Å². The molecule has 0 saturated heterocycles. The fourth-order valence-corrected chi connectivity index (χ4v) is 11.8. The molecule has 0 fully saturated rings. The molecular formula is C69H44N2O2. The van der Waals surface area contributed by atoms with Crippen LogP contribution in [0, 0.1) is 0 Å². The molecule has 0 N–H and O–H groups in total. The minimum Gasteiger partial charge on any atom is -0.456 e. The Labute approximate surface area is 421 Å². The molecule has 14 aromatic rings. The van der Waals surface area contributed by atoms with Gasteiger partial charge in [-0.15, -0.1) is 0 Å². The Hall–Kier alpha value is -9.64. The molecule has 0 saturated carbocycles. The monoisotopic (exact) mass is 932 g/mol. The van der Waals surface area contributed by atoms with Gasteiger partial charge in [0.05, 0.1) is 22.7 Å². The number of para-hydroxylation sites is 4. The lowest BCUT2D eigenvalue weighted by atomic mass is 9.97. The van der Waals surface area contributed by atoms with Gasteiger partial charge in [0, 0.05) is 50.5 Å². The van der Waals surface area contributed by atoms with E-state index in [0.717, 1.165) is 111 Å². The summed E-state index contributed by atoms with van der Waals surface area (Å²) in [4.78, 5) is 4.85. The lowest BCUT2D eigenvalue weighted by Gasteiger charge is -2.30. The van der Waals surface area contributed by atoms with E-state index in [1.807, 2.05) is 6.07 Å². The Kier molecular flexibility index (Phi) is 9.29. The van der Waals surface area contributed by atoms with Crippen molar-refractivity contribution >= 4 is 99.5 Å². The van der Waals surface area contributed by atoms with Crippen molar-refractivity contribution in [3.05, 3.63) is 266 Å². The third-order valence-corrected chi connectivity index (χ3v) is 15.1. The zero-order valence-corrected chi connectivity index (χ0v) is 39.7. The van der Waals surface area contributed by atoms with Gasteiger partial charge in [0.2, 0.25) is 0 Å². The standard InChI is InChI=1S/C69H44N2O2/c1-3-17-44(18-4-1)52-23-9-12-28-60(52)70(62-30-15-26-56-51-22-8-7-21-46(51)43-59(56)62)49-35-37-54-47(41-49)33-39-65-67(54)68-55-38-36-50(42-48(55)34-40-66(68)72-65)71(61-29-13-10-24-53(61)45-19-5-2-6-20-45)63-31-16-27-58-57-25-11-14-32-64(57)73-69(58)63/h1-42H,43H2. The van der Waals surface area contributed by atoms with Crippen molar-refractivity contribution in [2.45, 2.75) is 6.42 Å². The van der Waals surface area contributed by atoms with Crippen molar-refractivity contribution in [2.24, 2.45) is 0 Å². The Bertz CT molecular complexity index is 4490. The number of nitrogens with zero attached hydrogens (tertiary/aromatic N) is 2. The number of hydrogen-bond donors (Lipinski definition) is 0. The van der Waals surface area contributed by atoms with Gasteiger partial charge in [0.1, 0.15) is 16.7 Å². The summed E-state index contributed by atoms with van der Waals surface area (Å²) in [6, 6.07) is 91.8. The number of benzene rings is 12. The first kappa shape index (κ1) is 41.2. The molecule has 0 aliphatic heterocycles. The van der Waals surface area contributed by atoms with Crippen LogP contribution in [-0.2, 0) is 6.42 Å². The fourth-order valence-electron chi connectivity index (χ4n) is 11.8. The van der Waals surface area contributed by atoms with Crippen LogP contribution in [-0.4, -0.2) is 0 Å². The van der Waals surface area contributed by atoms with Crippen LogP contribution in [0.1, 0.15) is 11.1 Å². The van der Waals surface area contributed by atoms with Crippen LogP contribution in [0.5, 0.6) is 0 Å². The van der Waals surface area contributed by atoms with Crippen molar-refractivity contribution in [3.63, 3.8) is 0 Å². The summed E-state index contributed by atoms with van der Waals surface area (Å²) in [5, 5.41) is 8.94. The maximum Gasteiger partial charge on any atom is 0.159 e. The van der Waals surface area contributed by atoms with Crippen LogP contribution >= 0.6 is 0 Å². The molecule has 4 heteroatoms. The molecule has 1 aliphatic rings. The third kappa shape index (κ3) is 6.54. The Morgan fingerprint density at radius 2 is 0.795 bits per heavy atom. The predicted octanol–water partition coefficient (Wildman–Crippen LogP) is 19.6. The first-order valence-electron chi connectivity index (χ1n) is 25.0. The summed E-state index contributed by atoms with van der Waals surface area (Å²) < 4.78 is 13.5. The summed E-state index contributed by atoms with van der Waals surface area (Å²) in [5.74, 6) is 0. The van der Waals surface area contributed by atoms with Gasteiger partial charge >= 0.3 is 0 Å². The average molecular weight is 933 g/mol. The first-order chi connectivity index (χ1) is 36.2. The SMILES string of the molecule is c1ccc(-c2ccccc2N(c2ccc3c(ccc4oc5ccc6cc(N(c7ccccc7-c7ccccc7)c7cccc8c7oc7ccccc78)ccc6c5c43)c2)c2cccc3c2Cc2ccccc2-3)cc1. The minimum absolute atomic E-state index is 0.845. The topological polar surface area (TPSA) is 32.8 Å². The molecule has 2 aromatic heterocycles. The van der Waals surface area contributed by atoms with E-state index in [9.17, 15) is 0 Å². The van der Waals surface area contributed by atoms with E-state index >= 15 is 0 Å². The van der Waals surface area contributed by atoms with Crippen LogP contribution in [0.25, 0.3) is 98.8 Å². The van der Waals surface area contributed by atoms with Gasteiger partial charge in [-0.25, -0.2) is 0 Å². The highest BCUT2D eigenvalue weighted by Crippen LogP contribution is 2.50. The van der Waals surface area contributed by atoms with Crippen LogP contribution in [0.3, 0.4) is 0 Å². The van der Waals surface area contributed by atoms with Gasteiger partial charge in [-0.1, -0.05) is 188 Å². The molecule has 1 aliphatic carbocycles. The van der Waals surface area contributed by atoms with Gasteiger partial charge in [0.15, 0.2) is 5.58 Å². The van der Waals surface area contributed by atoms with Crippen LogP contribution in [0.4, 0.5) is 34.1 Å². The third-order valence-electron chi connectivity index (χ3n) is 15.1. The van der Waals surface area contributed by atoms with E-state index < -0.39 is 0 Å². The number of anilines is 6. The summed E-state index contributed by atoms with van der Waals surface area (Å²) >= 11 is 0. The van der Waals surface area contributed by atoms with Gasteiger partial charge in [0.25, 0.3) is 0 Å². The summed E-state index contributed by atoms with van der Waals surface area (Å²) in [6.07, 6.45) is 0.878.